The number of hydrogen-bond donors (Lipinski definition) is 5. The fraction of sp³-hybridized carbons (Fsp3) is 0.783. The van der Waals surface area contributed by atoms with Crippen LogP contribution in [0.3, 0.4) is 0 Å². The lowest BCUT2D eigenvalue weighted by atomic mass is 9.81. The number of ether oxygens (including phenoxy) is 1. The summed E-state index contributed by atoms with van der Waals surface area (Å²) in [5, 5.41) is 17.1. The van der Waals surface area contributed by atoms with Gasteiger partial charge in [-0.25, -0.2) is 9.59 Å². The zero-order chi connectivity index (χ0) is 26.1. The Bertz CT molecular complexity index is 740. The van der Waals surface area contributed by atoms with Crippen molar-refractivity contribution in [2.45, 2.75) is 90.8 Å². The molecule has 0 aromatic rings. The van der Waals surface area contributed by atoms with Gasteiger partial charge in [0.25, 0.3) is 0 Å². The average molecular weight is 485 g/mol. The Morgan fingerprint density at radius 1 is 1.00 bits per heavy atom. The summed E-state index contributed by atoms with van der Waals surface area (Å²) >= 11 is 0. The first-order valence-electron chi connectivity index (χ1n) is 11.8. The number of carboxylic acid groups (broad SMARTS) is 1. The molecule has 0 spiro atoms. The van der Waals surface area contributed by atoms with Gasteiger partial charge >= 0.3 is 12.1 Å². The van der Waals surface area contributed by atoms with Gasteiger partial charge in [-0.3, -0.25) is 14.4 Å². The van der Waals surface area contributed by atoms with Gasteiger partial charge in [0.05, 0.1) is 6.42 Å². The molecule has 1 rings (SSSR count). The summed E-state index contributed by atoms with van der Waals surface area (Å²) in [5.74, 6) is -2.81. The summed E-state index contributed by atoms with van der Waals surface area (Å²) < 4.78 is 5.26. The normalized spacial score (nSPS) is 20.1. The largest absolute Gasteiger partial charge is 0.480 e. The van der Waals surface area contributed by atoms with E-state index in [9.17, 15) is 24.0 Å². The molecule has 1 saturated carbocycles. The van der Waals surface area contributed by atoms with Crippen LogP contribution < -0.4 is 21.7 Å². The van der Waals surface area contributed by atoms with Crippen LogP contribution in [0.15, 0.2) is 0 Å². The van der Waals surface area contributed by atoms with Crippen molar-refractivity contribution in [3.8, 4) is 0 Å². The molecule has 0 aromatic carbocycles. The zero-order valence-corrected chi connectivity index (χ0v) is 20.8. The molecule has 0 aliphatic heterocycles. The van der Waals surface area contributed by atoms with E-state index in [1.165, 1.54) is 0 Å². The minimum absolute atomic E-state index is 0.162. The van der Waals surface area contributed by atoms with Crippen LogP contribution in [-0.2, 0) is 23.9 Å². The number of alkyl carbamates (subject to hydrolysis) is 1. The number of carbonyl (C=O) groups excluding carboxylic acids is 4. The number of nitrogens with one attached hydrogen (secondary N) is 3. The first-order valence-corrected chi connectivity index (χ1v) is 11.8. The molecular formula is C23H40N4O7. The molecule has 0 unspecified atom stereocenters. The van der Waals surface area contributed by atoms with Crippen molar-refractivity contribution in [2.24, 2.45) is 23.5 Å². The lowest BCUT2D eigenvalue weighted by Crippen LogP contribution is -2.50. The maximum atomic E-state index is 12.7. The van der Waals surface area contributed by atoms with Gasteiger partial charge in [0, 0.05) is 12.5 Å². The Labute approximate surface area is 200 Å². The van der Waals surface area contributed by atoms with E-state index in [4.69, 9.17) is 15.6 Å². The lowest BCUT2D eigenvalue weighted by Gasteiger charge is -2.29. The summed E-state index contributed by atoms with van der Waals surface area (Å²) in [6.45, 7) is 9.58. The van der Waals surface area contributed by atoms with Crippen LogP contribution in [-0.4, -0.2) is 59.1 Å². The molecule has 0 saturated heterocycles. The molecule has 2 atom stereocenters. The summed E-state index contributed by atoms with van der Waals surface area (Å²) in [4.78, 5) is 59.5. The molecule has 34 heavy (non-hydrogen) atoms. The van der Waals surface area contributed by atoms with Gasteiger partial charge in [0.1, 0.15) is 17.7 Å². The zero-order valence-electron chi connectivity index (χ0n) is 20.8. The second kappa shape index (κ2) is 13.1. The molecule has 1 aliphatic rings. The molecule has 0 bridgehead atoms. The Kier molecular flexibility index (Phi) is 11.3. The minimum Gasteiger partial charge on any atom is -0.480 e. The summed E-state index contributed by atoms with van der Waals surface area (Å²) in [7, 11) is 0. The van der Waals surface area contributed by atoms with E-state index in [0.29, 0.717) is 38.6 Å². The quantitative estimate of drug-likeness (QED) is 0.293. The van der Waals surface area contributed by atoms with Crippen molar-refractivity contribution >= 4 is 29.8 Å². The molecule has 11 nitrogen and oxygen atoms in total. The van der Waals surface area contributed by atoms with Gasteiger partial charge in [-0.05, 0) is 64.7 Å². The molecule has 1 fully saturated rings. The van der Waals surface area contributed by atoms with Gasteiger partial charge in [0.15, 0.2) is 0 Å². The van der Waals surface area contributed by atoms with E-state index >= 15 is 0 Å². The number of rotatable bonds is 11. The maximum absolute atomic E-state index is 12.7. The fourth-order valence-electron chi connectivity index (χ4n) is 3.84. The Morgan fingerprint density at radius 3 is 2.06 bits per heavy atom. The van der Waals surface area contributed by atoms with Gasteiger partial charge in [-0.2, -0.15) is 0 Å². The maximum Gasteiger partial charge on any atom is 0.408 e. The monoisotopic (exact) mass is 484 g/mol. The van der Waals surface area contributed by atoms with E-state index in [-0.39, 0.29) is 23.7 Å². The van der Waals surface area contributed by atoms with Crippen LogP contribution in [0.2, 0.25) is 0 Å². The third kappa shape index (κ3) is 11.3. The van der Waals surface area contributed by atoms with Gasteiger partial charge in [0.2, 0.25) is 17.7 Å². The smallest absolute Gasteiger partial charge is 0.408 e. The number of hydrogen-bond acceptors (Lipinski definition) is 6. The highest BCUT2D eigenvalue weighted by molar-refractivity contribution is 5.89. The highest BCUT2D eigenvalue weighted by atomic mass is 16.6. The molecular weight excluding hydrogens is 444 g/mol. The summed E-state index contributed by atoms with van der Waals surface area (Å²) in [5.41, 5.74) is 4.38. The Balaban J connectivity index is 2.53. The third-order valence-corrected chi connectivity index (χ3v) is 5.52. The van der Waals surface area contributed by atoms with Crippen LogP contribution >= 0.6 is 0 Å². The number of carbonyl (C=O) groups is 5. The van der Waals surface area contributed by atoms with Crippen molar-refractivity contribution < 1.29 is 33.8 Å². The summed E-state index contributed by atoms with van der Waals surface area (Å²) in [6.07, 6.45) is 1.81. The van der Waals surface area contributed by atoms with Crippen LogP contribution in [0.1, 0.15) is 73.1 Å². The van der Waals surface area contributed by atoms with E-state index in [0.717, 1.165) is 0 Å². The molecule has 194 valence electrons. The number of amides is 4. The van der Waals surface area contributed by atoms with Crippen LogP contribution in [0.4, 0.5) is 4.79 Å². The highest BCUT2D eigenvalue weighted by Gasteiger charge is 2.31. The second-order valence-electron chi connectivity index (χ2n) is 10.4. The average Bonchev–Trinajstić information content (AvgIpc) is 2.69. The van der Waals surface area contributed by atoms with E-state index < -0.39 is 48.0 Å². The predicted molar refractivity (Wildman–Crippen MR) is 124 cm³/mol. The van der Waals surface area contributed by atoms with Crippen molar-refractivity contribution in [3.05, 3.63) is 0 Å². The minimum atomic E-state index is -1.34. The van der Waals surface area contributed by atoms with E-state index in [1.54, 1.807) is 20.8 Å². The van der Waals surface area contributed by atoms with Crippen LogP contribution in [0.25, 0.3) is 0 Å². The molecule has 0 radical (unpaired) electrons. The van der Waals surface area contributed by atoms with E-state index in [1.807, 2.05) is 13.8 Å². The molecule has 6 N–H and O–H groups in total. The van der Waals surface area contributed by atoms with E-state index in [2.05, 4.69) is 16.0 Å². The second-order valence-corrected chi connectivity index (χ2v) is 10.4. The molecule has 11 heteroatoms. The molecule has 0 aromatic heterocycles. The molecule has 0 heterocycles. The van der Waals surface area contributed by atoms with Crippen molar-refractivity contribution in [1.29, 1.82) is 0 Å². The highest BCUT2D eigenvalue weighted by Crippen LogP contribution is 2.28. The molecule has 1 aliphatic carbocycles. The topological polar surface area (TPSA) is 177 Å². The number of carboxylic acids is 1. The Hall–Kier alpha value is -2.85. The van der Waals surface area contributed by atoms with Crippen LogP contribution in [0.5, 0.6) is 0 Å². The van der Waals surface area contributed by atoms with Crippen molar-refractivity contribution in [3.63, 3.8) is 0 Å². The molecule has 4 amide bonds. The van der Waals surface area contributed by atoms with Gasteiger partial charge < -0.3 is 31.5 Å². The fourth-order valence-corrected chi connectivity index (χ4v) is 3.84. The van der Waals surface area contributed by atoms with Gasteiger partial charge in [-0.15, -0.1) is 0 Å². The van der Waals surface area contributed by atoms with Crippen molar-refractivity contribution in [1.82, 2.24) is 16.0 Å². The van der Waals surface area contributed by atoms with Crippen LogP contribution in [0, 0.1) is 17.8 Å². The summed E-state index contributed by atoms with van der Waals surface area (Å²) in [6, 6.07) is -2.05. The van der Waals surface area contributed by atoms with Crippen molar-refractivity contribution in [2.75, 3.05) is 6.54 Å². The number of nitrogens with two attached hydrogens (primary N) is 1. The first-order chi connectivity index (χ1) is 15.7. The predicted octanol–water partition coefficient (Wildman–Crippen LogP) is 1.29. The number of aliphatic carboxylic acids is 1. The lowest BCUT2D eigenvalue weighted by molar-refractivity contribution is -0.144. The number of primary amides is 1. The van der Waals surface area contributed by atoms with Gasteiger partial charge in [-0.1, -0.05) is 13.8 Å². The Morgan fingerprint density at radius 2 is 1.59 bits per heavy atom. The standard InChI is InChI=1S/C23H40N4O7/c1-13(2)10-16(27-22(33)34-23(3,4)5)20(30)25-12-14-6-8-15(9-7-14)19(29)26-17(21(31)32)11-18(24)28/h13-17H,6-12H2,1-5H3,(H2,24,28)(H,25,30)(H,26,29)(H,27,33)(H,31,32)/t14?,15?,16-,17-/m0/s1. The third-order valence-electron chi connectivity index (χ3n) is 5.52. The first kappa shape index (κ1) is 29.2. The SMILES string of the molecule is CC(C)C[C@H](NC(=O)OC(C)(C)C)C(=O)NCC1CCC(C(=O)N[C@@H](CC(N)=O)C(=O)O)CC1.